The van der Waals surface area contributed by atoms with Gasteiger partial charge in [0.05, 0.1) is 9.92 Å². The van der Waals surface area contributed by atoms with Gasteiger partial charge in [0, 0.05) is 19.1 Å². The van der Waals surface area contributed by atoms with E-state index in [0.717, 1.165) is 25.3 Å². The van der Waals surface area contributed by atoms with Crippen molar-refractivity contribution in [2.24, 2.45) is 5.92 Å². The molecule has 0 spiro atoms. The van der Waals surface area contributed by atoms with E-state index in [4.69, 9.17) is 11.6 Å². The number of halogens is 2. The third-order valence-electron chi connectivity index (χ3n) is 4.41. The summed E-state index contributed by atoms with van der Waals surface area (Å²) < 4.78 is 40.9. The van der Waals surface area contributed by atoms with Gasteiger partial charge in [0.25, 0.3) is 0 Å². The maximum absolute atomic E-state index is 13.9. The first-order chi connectivity index (χ1) is 9.93. The minimum absolute atomic E-state index is 0.00204. The van der Waals surface area contributed by atoms with E-state index in [-0.39, 0.29) is 16.0 Å². The fourth-order valence-corrected chi connectivity index (χ4v) is 5.38. The number of nitrogens with zero attached hydrogens (tertiary/aromatic N) is 1. The summed E-state index contributed by atoms with van der Waals surface area (Å²) in [6.45, 7) is 0.879. The Balaban J connectivity index is 1.99. The third-order valence-corrected chi connectivity index (χ3v) is 6.73. The SMILES string of the molecule is CNCc1cc(S(=O)(=O)N2CC3CCC2C3)cc(F)c1Cl. The summed E-state index contributed by atoms with van der Waals surface area (Å²) in [5.74, 6) is -0.231. The van der Waals surface area contributed by atoms with Crippen molar-refractivity contribution >= 4 is 21.6 Å². The molecule has 1 aliphatic carbocycles. The van der Waals surface area contributed by atoms with Gasteiger partial charge in [-0.3, -0.25) is 0 Å². The van der Waals surface area contributed by atoms with Gasteiger partial charge in [-0.2, -0.15) is 4.31 Å². The molecule has 1 saturated heterocycles. The summed E-state index contributed by atoms with van der Waals surface area (Å²) in [5, 5.41) is 2.85. The van der Waals surface area contributed by atoms with E-state index in [1.54, 1.807) is 7.05 Å². The first kappa shape index (κ1) is 15.2. The quantitative estimate of drug-likeness (QED) is 0.921. The van der Waals surface area contributed by atoms with Crippen molar-refractivity contribution in [3.05, 3.63) is 28.5 Å². The lowest BCUT2D eigenvalue weighted by atomic mass is 10.1. The highest BCUT2D eigenvalue weighted by molar-refractivity contribution is 7.89. The molecule has 3 rings (SSSR count). The maximum atomic E-state index is 13.9. The van der Waals surface area contributed by atoms with Crippen LogP contribution in [0.4, 0.5) is 4.39 Å². The van der Waals surface area contributed by atoms with E-state index >= 15 is 0 Å². The second-order valence-corrected chi connectivity index (χ2v) is 8.08. The van der Waals surface area contributed by atoms with Gasteiger partial charge < -0.3 is 5.32 Å². The van der Waals surface area contributed by atoms with E-state index in [0.29, 0.717) is 24.6 Å². The Morgan fingerprint density at radius 3 is 2.76 bits per heavy atom. The second-order valence-electron chi connectivity index (χ2n) is 5.82. The number of benzene rings is 1. The minimum atomic E-state index is -3.64. The molecule has 2 fully saturated rings. The number of nitrogens with one attached hydrogen (secondary N) is 1. The van der Waals surface area contributed by atoms with Crippen LogP contribution in [0.5, 0.6) is 0 Å². The zero-order chi connectivity index (χ0) is 15.2. The van der Waals surface area contributed by atoms with Gasteiger partial charge in [-0.05, 0) is 49.9 Å². The lowest BCUT2D eigenvalue weighted by Crippen LogP contribution is -2.37. The summed E-state index contributed by atoms with van der Waals surface area (Å²) in [7, 11) is -1.94. The molecule has 1 saturated carbocycles. The number of hydrogen-bond acceptors (Lipinski definition) is 3. The van der Waals surface area contributed by atoms with Crippen LogP contribution in [0.15, 0.2) is 17.0 Å². The molecule has 116 valence electrons. The topological polar surface area (TPSA) is 49.4 Å². The van der Waals surface area contributed by atoms with E-state index in [2.05, 4.69) is 5.32 Å². The molecule has 2 unspecified atom stereocenters. The van der Waals surface area contributed by atoms with E-state index in [1.165, 1.54) is 10.4 Å². The predicted molar refractivity (Wildman–Crippen MR) is 79.2 cm³/mol. The number of piperidine rings is 1. The number of fused-ring (bicyclic) bond motifs is 2. The van der Waals surface area contributed by atoms with Crippen LogP contribution in [0.1, 0.15) is 24.8 Å². The van der Waals surface area contributed by atoms with Gasteiger partial charge >= 0.3 is 0 Å². The van der Waals surface area contributed by atoms with Crippen molar-refractivity contribution in [2.45, 2.75) is 36.7 Å². The highest BCUT2D eigenvalue weighted by Crippen LogP contribution is 2.41. The minimum Gasteiger partial charge on any atom is -0.316 e. The van der Waals surface area contributed by atoms with Gasteiger partial charge in [0.2, 0.25) is 10.0 Å². The molecule has 4 nitrogen and oxygen atoms in total. The molecule has 7 heteroatoms. The van der Waals surface area contributed by atoms with Crippen LogP contribution in [-0.4, -0.2) is 32.4 Å². The van der Waals surface area contributed by atoms with Crippen LogP contribution >= 0.6 is 11.6 Å². The highest BCUT2D eigenvalue weighted by atomic mass is 35.5. The molecule has 1 aromatic rings. The highest BCUT2D eigenvalue weighted by Gasteiger charge is 2.44. The lowest BCUT2D eigenvalue weighted by Gasteiger charge is -2.26. The van der Waals surface area contributed by atoms with Gasteiger partial charge in [0.1, 0.15) is 5.82 Å². The fraction of sp³-hybridized carbons (Fsp3) is 0.571. The van der Waals surface area contributed by atoms with Gasteiger partial charge in [-0.25, -0.2) is 12.8 Å². The van der Waals surface area contributed by atoms with Crippen LogP contribution in [0.3, 0.4) is 0 Å². The van der Waals surface area contributed by atoms with Crippen molar-refractivity contribution in [3.8, 4) is 0 Å². The Hall–Kier alpha value is -0.690. The first-order valence-electron chi connectivity index (χ1n) is 7.08. The second kappa shape index (κ2) is 5.50. The lowest BCUT2D eigenvalue weighted by molar-refractivity contribution is 0.333. The van der Waals surface area contributed by atoms with Crippen LogP contribution < -0.4 is 5.32 Å². The predicted octanol–water partition coefficient (Wildman–Crippen LogP) is 2.37. The van der Waals surface area contributed by atoms with Crippen LogP contribution in [0, 0.1) is 11.7 Å². The molecule has 1 aliphatic heterocycles. The third kappa shape index (κ3) is 2.59. The largest absolute Gasteiger partial charge is 0.316 e. The smallest absolute Gasteiger partial charge is 0.243 e. The van der Waals surface area contributed by atoms with E-state index in [1.807, 2.05) is 0 Å². The standard InChI is InChI=1S/C14H18ClFN2O2S/c1-17-7-10-5-12(6-13(16)14(10)15)21(19,20)18-8-9-2-3-11(18)4-9/h5-6,9,11,17H,2-4,7-8H2,1H3. The molecule has 1 aromatic carbocycles. The van der Waals surface area contributed by atoms with Crippen molar-refractivity contribution in [3.63, 3.8) is 0 Å². The summed E-state index contributed by atoms with van der Waals surface area (Å²) >= 11 is 5.89. The summed E-state index contributed by atoms with van der Waals surface area (Å²) in [5.41, 5.74) is 0.460. The molecular formula is C14H18ClFN2O2S. The Morgan fingerprint density at radius 2 is 2.19 bits per heavy atom. The van der Waals surface area contributed by atoms with Crippen LogP contribution in [0.2, 0.25) is 5.02 Å². The zero-order valence-electron chi connectivity index (χ0n) is 11.8. The molecule has 2 atom stereocenters. The summed E-state index contributed by atoms with van der Waals surface area (Å²) in [6.07, 6.45) is 2.93. The Kier molecular flexibility index (Phi) is 3.98. The van der Waals surface area contributed by atoms with E-state index < -0.39 is 15.8 Å². The summed E-state index contributed by atoms with van der Waals surface area (Å²) in [4.78, 5) is 0.00204. The zero-order valence-corrected chi connectivity index (χ0v) is 13.3. The normalized spacial score (nSPS) is 25.7. The average molecular weight is 333 g/mol. The molecule has 0 aromatic heterocycles. The Labute approximate surface area is 129 Å². The van der Waals surface area contributed by atoms with Crippen molar-refractivity contribution < 1.29 is 12.8 Å². The molecule has 0 radical (unpaired) electrons. The monoisotopic (exact) mass is 332 g/mol. The van der Waals surface area contributed by atoms with Gasteiger partial charge in [0.15, 0.2) is 0 Å². The molecule has 1 N–H and O–H groups in total. The molecule has 2 bridgehead atoms. The van der Waals surface area contributed by atoms with Crippen molar-refractivity contribution in [1.82, 2.24) is 9.62 Å². The maximum Gasteiger partial charge on any atom is 0.243 e. The van der Waals surface area contributed by atoms with Crippen molar-refractivity contribution in [1.29, 1.82) is 0 Å². The number of rotatable bonds is 4. The molecular weight excluding hydrogens is 315 g/mol. The molecule has 21 heavy (non-hydrogen) atoms. The number of sulfonamides is 1. The number of hydrogen-bond donors (Lipinski definition) is 1. The Morgan fingerprint density at radius 1 is 1.43 bits per heavy atom. The molecule has 1 heterocycles. The van der Waals surface area contributed by atoms with Crippen molar-refractivity contribution in [2.75, 3.05) is 13.6 Å². The Bertz CT molecular complexity index is 665. The fourth-order valence-electron chi connectivity index (χ4n) is 3.40. The summed E-state index contributed by atoms with van der Waals surface area (Å²) in [6, 6.07) is 2.58. The van der Waals surface area contributed by atoms with E-state index in [9.17, 15) is 12.8 Å². The van der Waals surface area contributed by atoms with Crippen LogP contribution in [0.25, 0.3) is 0 Å². The van der Waals surface area contributed by atoms with Gasteiger partial charge in [-0.15, -0.1) is 0 Å². The molecule has 2 aliphatic rings. The van der Waals surface area contributed by atoms with Crippen LogP contribution in [-0.2, 0) is 16.6 Å². The van der Waals surface area contributed by atoms with Gasteiger partial charge in [-0.1, -0.05) is 11.6 Å². The first-order valence-corrected chi connectivity index (χ1v) is 8.89. The molecule has 0 amide bonds. The average Bonchev–Trinajstić information content (AvgIpc) is 3.06.